The molecule has 3 aromatic carbocycles. The highest BCUT2D eigenvalue weighted by Gasteiger charge is 2.19. The van der Waals surface area contributed by atoms with Gasteiger partial charge in [-0.2, -0.15) is 0 Å². The van der Waals surface area contributed by atoms with Gasteiger partial charge in [-0.1, -0.05) is 31.2 Å². The summed E-state index contributed by atoms with van der Waals surface area (Å²) in [6.07, 6.45) is 5.99. The lowest BCUT2D eigenvalue weighted by Gasteiger charge is -2.17. The number of likely N-dealkylation sites (tertiary alicyclic amines) is 2. The summed E-state index contributed by atoms with van der Waals surface area (Å²) in [5, 5.41) is 3.03. The summed E-state index contributed by atoms with van der Waals surface area (Å²) >= 11 is 1.63. The molecule has 41 heavy (non-hydrogen) atoms. The molecule has 3 heterocycles. The molecular weight excluding hydrogens is 528 g/mol. The van der Waals surface area contributed by atoms with Crippen LogP contribution in [0.15, 0.2) is 66.0 Å². The van der Waals surface area contributed by atoms with Gasteiger partial charge in [-0.25, -0.2) is 0 Å². The number of carbonyl (C=O) groups excluding carboxylic acids is 1. The van der Waals surface area contributed by atoms with Gasteiger partial charge in [-0.05, 0) is 111 Å². The van der Waals surface area contributed by atoms with Crippen molar-refractivity contribution in [3.05, 3.63) is 82.7 Å². The zero-order valence-electron chi connectivity index (χ0n) is 24.1. The predicted octanol–water partition coefficient (Wildman–Crippen LogP) is 7.31. The average molecular weight is 569 g/mol. The zero-order chi connectivity index (χ0) is 28.0. The van der Waals surface area contributed by atoms with E-state index in [0.717, 1.165) is 63.3 Å². The fourth-order valence-electron chi connectivity index (χ4n) is 6.11. The highest BCUT2D eigenvalue weighted by atomic mass is 32.1. The third-order valence-electron chi connectivity index (χ3n) is 8.45. The van der Waals surface area contributed by atoms with Crippen molar-refractivity contribution in [3.8, 4) is 22.6 Å². The summed E-state index contributed by atoms with van der Waals surface area (Å²) in [7, 11) is 0. The van der Waals surface area contributed by atoms with Gasteiger partial charge in [0.2, 0.25) is 0 Å². The molecule has 0 N–H and O–H groups in total. The first-order valence-electron chi connectivity index (χ1n) is 15.2. The van der Waals surface area contributed by atoms with Crippen molar-refractivity contribution in [2.24, 2.45) is 0 Å². The monoisotopic (exact) mass is 568 g/mol. The lowest BCUT2D eigenvalue weighted by Crippen LogP contribution is -2.25. The third-order valence-corrected chi connectivity index (χ3v) is 9.40. The van der Waals surface area contributed by atoms with Crippen molar-refractivity contribution in [3.63, 3.8) is 0 Å². The molecule has 0 unspecified atom stereocenters. The Balaban J connectivity index is 1.18. The molecule has 0 spiro atoms. The summed E-state index contributed by atoms with van der Waals surface area (Å²) in [6, 6.07) is 20.5. The third kappa shape index (κ3) is 6.50. The zero-order valence-corrected chi connectivity index (χ0v) is 24.9. The van der Waals surface area contributed by atoms with E-state index in [1.54, 1.807) is 11.3 Å². The summed E-state index contributed by atoms with van der Waals surface area (Å²) < 4.78 is 13.3. The first kappa shape index (κ1) is 28.0. The molecule has 0 aliphatic carbocycles. The van der Waals surface area contributed by atoms with Gasteiger partial charge in [-0.15, -0.1) is 11.3 Å². The van der Waals surface area contributed by atoms with Gasteiger partial charge >= 0.3 is 0 Å². The second kappa shape index (κ2) is 13.2. The molecule has 0 bridgehead atoms. The van der Waals surface area contributed by atoms with E-state index in [2.05, 4.69) is 47.1 Å². The molecule has 0 radical (unpaired) electrons. The summed E-state index contributed by atoms with van der Waals surface area (Å²) in [5.41, 5.74) is 4.72. The standard InChI is InChI=1S/C35H40N2O3S/c1-2-26-24-28(12-15-32(26)40-23-21-37-18-5-6-19-37)35(38)31-25-41-33-9-7-8-30(34(31)33)27-10-13-29(14-11-27)39-22-20-36-16-3-4-17-36/h7-15,24-25H,2-6,16-23H2,1H3. The van der Waals surface area contributed by atoms with E-state index >= 15 is 0 Å². The number of thiophene rings is 1. The van der Waals surface area contributed by atoms with Gasteiger partial charge < -0.3 is 9.47 Å². The van der Waals surface area contributed by atoms with Crippen molar-refractivity contribution in [2.45, 2.75) is 39.0 Å². The van der Waals surface area contributed by atoms with Gasteiger partial charge in [0.05, 0.1) is 0 Å². The van der Waals surface area contributed by atoms with Crippen LogP contribution in [-0.4, -0.2) is 68.1 Å². The van der Waals surface area contributed by atoms with Gasteiger partial charge in [0.25, 0.3) is 0 Å². The maximum atomic E-state index is 13.9. The maximum absolute atomic E-state index is 13.9. The van der Waals surface area contributed by atoms with Crippen molar-refractivity contribution >= 4 is 27.2 Å². The molecule has 214 valence electrons. The smallest absolute Gasteiger partial charge is 0.194 e. The second-order valence-corrected chi connectivity index (χ2v) is 12.1. The Kier molecular flexibility index (Phi) is 9.00. The van der Waals surface area contributed by atoms with E-state index in [1.807, 2.05) is 35.7 Å². The molecule has 6 heteroatoms. The fourth-order valence-corrected chi connectivity index (χ4v) is 7.07. The lowest BCUT2D eigenvalue weighted by molar-refractivity contribution is 0.104. The molecule has 4 aromatic rings. The highest BCUT2D eigenvalue weighted by molar-refractivity contribution is 7.17. The number of benzene rings is 3. The van der Waals surface area contributed by atoms with E-state index in [9.17, 15) is 4.79 Å². The molecule has 1 aromatic heterocycles. The van der Waals surface area contributed by atoms with E-state index in [4.69, 9.17) is 9.47 Å². The van der Waals surface area contributed by atoms with Crippen molar-refractivity contribution in [1.82, 2.24) is 9.80 Å². The van der Waals surface area contributed by atoms with Crippen LogP contribution in [0.1, 0.15) is 54.1 Å². The minimum absolute atomic E-state index is 0.0592. The van der Waals surface area contributed by atoms with Crippen LogP contribution in [0, 0.1) is 0 Å². The molecule has 0 atom stereocenters. The number of aryl methyl sites for hydroxylation is 1. The van der Waals surface area contributed by atoms with Crippen LogP contribution in [0.2, 0.25) is 0 Å². The van der Waals surface area contributed by atoms with E-state index in [0.29, 0.717) is 18.8 Å². The average Bonchev–Trinajstić information content (AvgIpc) is 3.80. The minimum Gasteiger partial charge on any atom is -0.492 e. The molecule has 2 saturated heterocycles. The Morgan fingerprint density at radius 1 is 0.829 bits per heavy atom. The number of ether oxygens (including phenoxy) is 2. The number of hydrogen-bond donors (Lipinski definition) is 0. The molecule has 2 aliphatic heterocycles. The Labute approximate surface area is 247 Å². The normalized spacial score (nSPS) is 16.0. The highest BCUT2D eigenvalue weighted by Crippen LogP contribution is 2.37. The Morgan fingerprint density at radius 3 is 2.20 bits per heavy atom. The van der Waals surface area contributed by atoms with Crippen LogP contribution in [0.25, 0.3) is 21.2 Å². The van der Waals surface area contributed by atoms with Crippen molar-refractivity contribution in [2.75, 3.05) is 52.5 Å². The van der Waals surface area contributed by atoms with Crippen LogP contribution >= 0.6 is 11.3 Å². The molecule has 2 fully saturated rings. The molecule has 0 amide bonds. The van der Waals surface area contributed by atoms with E-state index in [1.165, 1.54) is 51.9 Å². The van der Waals surface area contributed by atoms with Crippen molar-refractivity contribution in [1.29, 1.82) is 0 Å². The number of fused-ring (bicyclic) bond motifs is 1. The molecule has 5 nitrogen and oxygen atoms in total. The SMILES string of the molecule is CCc1cc(C(=O)c2csc3cccc(-c4ccc(OCCN5CCCC5)cc4)c23)ccc1OCCN1CCCC1. The molecule has 2 aliphatic rings. The van der Waals surface area contributed by atoms with Gasteiger partial charge in [0.15, 0.2) is 5.78 Å². The Bertz CT molecular complexity index is 1470. The predicted molar refractivity (Wildman–Crippen MR) is 169 cm³/mol. The van der Waals surface area contributed by atoms with E-state index < -0.39 is 0 Å². The van der Waals surface area contributed by atoms with Gasteiger partial charge in [0.1, 0.15) is 24.7 Å². The number of ketones is 1. The van der Waals surface area contributed by atoms with E-state index in [-0.39, 0.29) is 5.78 Å². The van der Waals surface area contributed by atoms with Crippen LogP contribution < -0.4 is 9.47 Å². The van der Waals surface area contributed by atoms with Crippen molar-refractivity contribution < 1.29 is 14.3 Å². The molecular formula is C35H40N2O3S. The lowest BCUT2D eigenvalue weighted by atomic mass is 9.94. The first-order chi connectivity index (χ1) is 20.2. The summed E-state index contributed by atoms with van der Waals surface area (Å²) in [5.74, 6) is 1.84. The van der Waals surface area contributed by atoms with Gasteiger partial charge in [0, 0.05) is 39.7 Å². The number of hydrogen-bond acceptors (Lipinski definition) is 6. The maximum Gasteiger partial charge on any atom is 0.194 e. The van der Waals surface area contributed by atoms with Crippen LogP contribution in [0.4, 0.5) is 0 Å². The first-order valence-corrected chi connectivity index (χ1v) is 16.1. The molecule has 0 saturated carbocycles. The topological polar surface area (TPSA) is 42.0 Å². The number of nitrogens with zero attached hydrogens (tertiary/aromatic N) is 2. The van der Waals surface area contributed by atoms with Crippen LogP contribution in [-0.2, 0) is 6.42 Å². The largest absolute Gasteiger partial charge is 0.492 e. The second-order valence-electron chi connectivity index (χ2n) is 11.2. The summed E-state index contributed by atoms with van der Waals surface area (Å²) in [4.78, 5) is 18.8. The van der Waals surface area contributed by atoms with Crippen LogP contribution in [0.5, 0.6) is 11.5 Å². The number of rotatable bonds is 12. The summed E-state index contributed by atoms with van der Waals surface area (Å²) in [6.45, 7) is 10.2. The van der Waals surface area contributed by atoms with Crippen LogP contribution in [0.3, 0.4) is 0 Å². The number of carbonyl (C=O) groups is 1. The molecule has 6 rings (SSSR count). The quantitative estimate of drug-likeness (QED) is 0.168. The minimum atomic E-state index is 0.0592. The van der Waals surface area contributed by atoms with Gasteiger partial charge in [-0.3, -0.25) is 14.6 Å². The Morgan fingerprint density at radius 2 is 1.51 bits per heavy atom. The Hall–Kier alpha value is -3.19. The fraction of sp³-hybridized carbons (Fsp3) is 0.400.